The minimum Gasteiger partial charge on any atom is -0.497 e. The third-order valence-electron chi connectivity index (χ3n) is 2.48. The smallest absolute Gasteiger partial charge is 0.404 e. The summed E-state index contributed by atoms with van der Waals surface area (Å²) in [4.78, 5) is 10.8. The Morgan fingerprint density at radius 1 is 1.44 bits per heavy atom. The van der Waals surface area contributed by atoms with Crippen LogP contribution in [-0.2, 0) is 11.2 Å². The van der Waals surface area contributed by atoms with E-state index in [4.69, 9.17) is 20.5 Å². The second-order valence-corrected chi connectivity index (χ2v) is 3.81. The normalized spacial score (nSPS) is 11.3. The molecule has 0 saturated heterocycles. The second kappa shape index (κ2) is 7.17. The molecular weight excluding hydrogens is 232 g/mol. The first kappa shape index (κ1) is 13.8. The lowest BCUT2D eigenvalue weighted by Crippen LogP contribution is -2.24. The fourth-order valence-corrected chi connectivity index (χ4v) is 1.62. The number of carbonyl (C=O) groups is 1. The number of carbonyl (C=O) groups excluding carboxylic acids is 1. The fourth-order valence-electron chi connectivity index (χ4n) is 1.62. The fraction of sp³-hybridized carbons (Fsp3) is 0.385. The number of amides is 1. The average Bonchev–Trinajstić information content (AvgIpc) is 2.36. The summed E-state index contributed by atoms with van der Waals surface area (Å²) in [5.41, 5.74) is 6.00. The number of nitrogens with zero attached hydrogens (tertiary/aromatic N) is 1. The van der Waals surface area contributed by atoms with Crippen LogP contribution in [0.25, 0.3) is 0 Å². The Balaban J connectivity index is 2.63. The van der Waals surface area contributed by atoms with E-state index in [2.05, 4.69) is 0 Å². The van der Waals surface area contributed by atoms with Crippen LogP contribution < -0.4 is 10.5 Å². The van der Waals surface area contributed by atoms with Gasteiger partial charge in [-0.2, -0.15) is 5.26 Å². The van der Waals surface area contributed by atoms with E-state index in [9.17, 15) is 4.79 Å². The number of rotatable bonds is 6. The number of methoxy groups -OCH3 is 1. The summed E-state index contributed by atoms with van der Waals surface area (Å²) < 4.78 is 10.0. The zero-order valence-corrected chi connectivity index (χ0v) is 10.3. The Bertz CT molecular complexity index is 423. The van der Waals surface area contributed by atoms with Crippen molar-refractivity contribution in [2.24, 2.45) is 5.73 Å². The zero-order valence-electron chi connectivity index (χ0n) is 10.3. The molecule has 1 atom stereocenters. The molecule has 0 aliphatic heterocycles. The quantitative estimate of drug-likeness (QED) is 0.834. The number of hydrogen-bond donors (Lipinski definition) is 1. The van der Waals surface area contributed by atoms with Gasteiger partial charge < -0.3 is 15.2 Å². The highest BCUT2D eigenvalue weighted by Gasteiger charge is 2.13. The second-order valence-electron chi connectivity index (χ2n) is 3.81. The van der Waals surface area contributed by atoms with Gasteiger partial charge >= 0.3 is 6.09 Å². The van der Waals surface area contributed by atoms with Crippen LogP contribution in [-0.4, -0.2) is 19.3 Å². The van der Waals surface area contributed by atoms with E-state index in [-0.39, 0.29) is 6.10 Å². The van der Waals surface area contributed by atoms with E-state index in [1.54, 1.807) is 7.11 Å². The minimum absolute atomic E-state index is 0.327. The van der Waals surface area contributed by atoms with Gasteiger partial charge in [-0.25, -0.2) is 4.79 Å². The van der Waals surface area contributed by atoms with Gasteiger partial charge in [0.1, 0.15) is 11.9 Å². The first-order valence-corrected chi connectivity index (χ1v) is 5.61. The summed E-state index contributed by atoms with van der Waals surface area (Å²) in [5, 5.41) is 8.55. The lowest BCUT2D eigenvalue weighted by atomic mass is 10.0. The van der Waals surface area contributed by atoms with Crippen molar-refractivity contribution in [2.75, 3.05) is 7.11 Å². The first-order chi connectivity index (χ1) is 8.65. The molecule has 0 fully saturated rings. The Morgan fingerprint density at radius 2 is 2.11 bits per heavy atom. The SMILES string of the molecule is COc1ccc(CC(CCC#N)OC(N)=O)cc1. The summed E-state index contributed by atoms with van der Waals surface area (Å²) in [6.07, 6.45) is 0.163. The van der Waals surface area contributed by atoms with Crippen LogP contribution in [0.1, 0.15) is 18.4 Å². The topological polar surface area (TPSA) is 85.3 Å². The molecule has 18 heavy (non-hydrogen) atoms. The number of ether oxygens (including phenoxy) is 2. The van der Waals surface area contributed by atoms with Gasteiger partial charge in [-0.05, 0) is 24.1 Å². The van der Waals surface area contributed by atoms with Gasteiger partial charge in [0, 0.05) is 12.8 Å². The predicted octanol–water partition coefficient (Wildman–Crippen LogP) is 2.01. The van der Waals surface area contributed by atoms with E-state index in [0.29, 0.717) is 19.3 Å². The van der Waals surface area contributed by atoms with Crippen molar-refractivity contribution < 1.29 is 14.3 Å². The van der Waals surface area contributed by atoms with Crippen LogP contribution >= 0.6 is 0 Å². The highest BCUT2D eigenvalue weighted by Crippen LogP contribution is 2.15. The lowest BCUT2D eigenvalue weighted by Gasteiger charge is -2.15. The van der Waals surface area contributed by atoms with Crippen molar-refractivity contribution in [2.45, 2.75) is 25.4 Å². The summed E-state index contributed by atoms with van der Waals surface area (Å²) >= 11 is 0. The van der Waals surface area contributed by atoms with Gasteiger partial charge in [0.15, 0.2) is 0 Å². The third kappa shape index (κ3) is 4.74. The molecule has 5 heteroatoms. The predicted molar refractivity (Wildman–Crippen MR) is 66.0 cm³/mol. The van der Waals surface area contributed by atoms with Crippen LogP contribution in [0.5, 0.6) is 5.75 Å². The average molecular weight is 248 g/mol. The number of hydrogen-bond acceptors (Lipinski definition) is 4. The zero-order chi connectivity index (χ0) is 13.4. The molecule has 0 aliphatic rings. The van der Waals surface area contributed by atoms with Gasteiger partial charge in [-0.1, -0.05) is 12.1 Å². The largest absolute Gasteiger partial charge is 0.497 e. The standard InChI is InChI=1S/C13H16N2O3/c1-17-11-6-4-10(5-7-11)9-12(3-2-8-14)18-13(15)16/h4-7,12H,2-3,9H2,1H3,(H2,15,16). The van der Waals surface area contributed by atoms with Crippen molar-refractivity contribution in [1.82, 2.24) is 0 Å². The molecule has 1 aromatic carbocycles. The maximum Gasteiger partial charge on any atom is 0.404 e. The van der Waals surface area contributed by atoms with Crippen molar-refractivity contribution in [3.8, 4) is 11.8 Å². The van der Waals surface area contributed by atoms with Crippen LogP contribution in [0.3, 0.4) is 0 Å². The molecule has 1 amide bonds. The first-order valence-electron chi connectivity index (χ1n) is 5.61. The molecule has 0 heterocycles. The van der Waals surface area contributed by atoms with Crippen molar-refractivity contribution in [3.63, 3.8) is 0 Å². The van der Waals surface area contributed by atoms with Gasteiger partial charge in [-0.15, -0.1) is 0 Å². The molecule has 0 aromatic heterocycles. The molecule has 1 aromatic rings. The van der Waals surface area contributed by atoms with Crippen LogP contribution in [0, 0.1) is 11.3 Å². The molecule has 1 rings (SSSR count). The summed E-state index contributed by atoms with van der Waals surface area (Å²) in [6, 6.07) is 9.47. The molecule has 0 spiro atoms. The Kier molecular flexibility index (Phi) is 5.52. The van der Waals surface area contributed by atoms with Crippen LogP contribution in [0.15, 0.2) is 24.3 Å². The van der Waals surface area contributed by atoms with E-state index in [1.807, 2.05) is 30.3 Å². The monoisotopic (exact) mass is 248 g/mol. The summed E-state index contributed by atoms with van der Waals surface area (Å²) in [5.74, 6) is 0.767. The maximum atomic E-state index is 10.8. The number of benzene rings is 1. The van der Waals surface area contributed by atoms with E-state index in [1.165, 1.54) is 0 Å². The maximum absolute atomic E-state index is 10.8. The molecule has 2 N–H and O–H groups in total. The van der Waals surface area contributed by atoms with E-state index in [0.717, 1.165) is 11.3 Å². The molecule has 0 bridgehead atoms. The molecular formula is C13H16N2O3. The van der Waals surface area contributed by atoms with Crippen LogP contribution in [0.2, 0.25) is 0 Å². The molecule has 0 aliphatic carbocycles. The molecule has 96 valence electrons. The highest BCUT2D eigenvalue weighted by molar-refractivity contribution is 5.64. The Morgan fingerprint density at radius 3 is 2.61 bits per heavy atom. The Hall–Kier alpha value is -2.22. The molecule has 0 saturated carbocycles. The van der Waals surface area contributed by atoms with Gasteiger partial charge in [0.05, 0.1) is 13.2 Å². The molecule has 0 radical (unpaired) electrons. The van der Waals surface area contributed by atoms with Gasteiger partial charge in [0.2, 0.25) is 0 Å². The highest BCUT2D eigenvalue weighted by atomic mass is 16.6. The van der Waals surface area contributed by atoms with Gasteiger partial charge in [-0.3, -0.25) is 0 Å². The molecule has 1 unspecified atom stereocenters. The van der Waals surface area contributed by atoms with Gasteiger partial charge in [0.25, 0.3) is 0 Å². The number of nitriles is 1. The number of nitrogens with two attached hydrogens (primary N) is 1. The van der Waals surface area contributed by atoms with E-state index >= 15 is 0 Å². The van der Waals surface area contributed by atoms with Crippen molar-refractivity contribution in [3.05, 3.63) is 29.8 Å². The van der Waals surface area contributed by atoms with E-state index < -0.39 is 6.09 Å². The molecule has 5 nitrogen and oxygen atoms in total. The van der Waals surface area contributed by atoms with Crippen molar-refractivity contribution in [1.29, 1.82) is 5.26 Å². The number of primary amides is 1. The van der Waals surface area contributed by atoms with Crippen molar-refractivity contribution >= 4 is 6.09 Å². The summed E-state index contributed by atoms with van der Waals surface area (Å²) in [6.45, 7) is 0. The van der Waals surface area contributed by atoms with Crippen LogP contribution in [0.4, 0.5) is 4.79 Å². The minimum atomic E-state index is -0.813. The summed E-state index contributed by atoms with van der Waals surface area (Å²) in [7, 11) is 1.60. The lowest BCUT2D eigenvalue weighted by molar-refractivity contribution is 0.102. The third-order valence-corrected chi connectivity index (χ3v) is 2.48. The Labute approximate surface area is 106 Å².